The summed E-state index contributed by atoms with van der Waals surface area (Å²) in [7, 11) is 3.78. The molecule has 0 amide bonds. The minimum atomic E-state index is 0. The van der Waals surface area contributed by atoms with Crippen LogP contribution in [0.4, 0.5) is 0 Å². The fourth-order valence-electron chi connectivity index (χ4n) is 3.95. The molecule has 30 heavy (non-hydrogen) atoms. The van der Waals surface area contributed by atoms with Crippen molar-refractivity contribution < 1.29 is 9.47 Å². The van der Waals surface area contributed by atoms with Crippen LogP contribution in [0.25, 0.3) is 0 Å². The van der Waals surface area contributed by atoms with Crippen LogP contribution >= 0.6 is 35.3 Å². The largest absolute Gasteiger partial charge is 0.379 e. The van der Waals surface area contributed by atoms with E-state index in [9.17, 15) is 0 Å². The summed E-state index contributed by atoms with van der Waals surface area (Å²) in [5.41, 5.74) is 1.11. The smallest absolute Gasteiger partial charge is 0.193 e. The third kappa shape index (κ3) is 5.72. The number of nitrogens with one attached hydrogen (secondary N) is 1. The first-order chi connectivity index (χ1) is 14.2. The normalized spacial score (nSPS) is 21.9. The predicted molar refractivity (Wildman–Crippen MR) is 130 cm³/mol. The molecule has 2 atom stereocenters. The van der Waals surface area contributed by atoms with Crippen molar-refractivity contribution in [2.24, 2.45) is 12.0 Å². The maximum absolute atomic E-state index is 5.98. The number of halogens is 1. The summed E-state index contributed by atoms with van der Waals surface area (Å²) in [6.07, 6.45) is 3.92. The van der Waals surface area contributed by atoms with Gasteiger partial charge in [0.15, 0.2) is 5.96 Å². The predicted octanol–water partition coefficient (Wildman–Crippen LogP) is 2.12. The van der Waals surface area contributed by atoms with Gasteiger partial charge in [-0.2, -0.15) is 5.10 Å². The molecular weight excluding hydrogens is 515 g/mol. The van der Waals surface area contributed by atoms with Crippen LogP contribution in [0.1, 0.15) is 22.6 Å². The molecule has 4 heterocycles. The second kappa shape index (κ2) is 11.4. The van der Waals surface area contributed by atoms with Crippen LogP contribution in [0.3, 0.4) is 0 Å². The van der Waals surface area contributed by atoms with Gasteiger partial charge in [-0.1, -0.05) is 6.07 Å². The van der Waals surface area contributed by atoms with Gasteiger partial charge in [-0.05, 0) is 11.4 Å². The van der Waals surface area contributed by atoms with Crippen LogP contribution in [0.15, 0.2) is 34.9 Å². The summed E-state index contributed by atoms with van der Waals surface area (Å²) in [6, 6.07) is 4.68. The fraction of sp³-hybridized carbons (Fsp3) is 0.600. The highest BCUT2D eigenvalue weighted by molar-refractivity contribution is 14.0. The van der Waals surface area contributed by atoms with Gasteiger partial charge in [0.2, 0.25) is 0 Å². The molecule has 8 nitrogen and oxygen atoms in total. The van der Waals surface area contributed by atoms with Crippen molar-refractivity contribution in [3.8, 4) is 0 Å². The number of guanidine groups is 1. The van der Waals surface area contributed by atoms with Crippen LogP contribution in [-0.2, 0) is 16.5 Å². The van der Waals surface area contributed by atoms with E-state index in [1.54, 1.807) is 0 Å². The molecule has 0 aliphatic carbocycles. The molecule has 2 fully saturated rings. The number of hydrogen-bond donors (Lipinski definition) is 1. The van der Waals surface area contributed by atoms with E-state index in [4.69, 9.17) is 9.47 Å². The number of aryl methyl sites for hydroxylation is 1. The quantitative estimate of drug-likeness (QED) is 0.352. The van der Waals surface area contributed by atoms with E-state index in [1.807, 2.05) is 42.5 Å². The Kier molecular flexibility index (Phi) is 8.93. The third-order valence-corrected chi connectivity index (χ3v) is 6.46. The number of ether oxygens (including phenoxy) is 2. The molecule has 0 radical (unpaired) electrons. The van der Waals surface area contributed by atoms with Gasteiger partial charge < -0.3 is 19.7 Å². The molecule has 2 saturated heterocycles. The molecule has 0 bridgehead atoms. The van der Waals surface area contributed by atoms with E-state index in [1.165, 1.54) is 4.88 Å². The average molecular weight is 546 g/mol. The molecule has 2 aliphatic rings. The fourth-order valence-corrected chi connectivity index (χ4v) is 4.81. The molecule has 4 rings (SSSR count). The minimum absolute atomic E-state index is 0. The molecule has 2 aromatic rings. The van der Waals surface area contributed by atoms with E-state index < -0.39 is 0 Å². The van der Waals surface area contributed by atoms with E-state index in [0.29, 0.717) is 12.6 Å². The number of aromatic nitrogens is 2. The summed E-state index contributed by atoms with van der Waals surface area (Å²) in [6.45, 7) is 6.62. The van der Waals surface area contributed by atoms with Crippen molar-refractivity contribution in [3.63, 3.8) is 0 Å². The van der Waals surface area contributed by atoms with Crippen molar-refractivity contribution >= 4 is 41.3 Å². The molecule has 1 N–H and O–H groups in total. The second-order valence-corrected chi connectivity index (χ2v) is 8.34. The van der Waals surface area contributed by atoms with E-state index in [-0.39, 0.29) is 30.1 Å². The van der Waals surface area contributed by atoms with Gasteiger partial charge in [-0.25, -0.2) is 0 Å². The third-order valence-electron chi connectivity index (χ3n) is 5.49. The maximum Gasteiger partial charge on any atom is 0.193 e. The van der Waals surface area contributed by atoms with Crippen molar-refractivity contribution in [1.29, 1.82) is 0 Å². The van der Waals surface area contributed by atoms with E-state index in [2.05, 4.69) is 42.7 Å². The second-order valence-electron chi connectivity index (χ2n) is 7.36. The Bertz CT molecular complexity index is 793. The van der Waals surface area contributed by atoms with Gasteiger partial charge in [-0.15, -0.1) is 35.3 Å². The van der Waals surface area contributed by atoms with E-state index in [0.717, 1.165) is 57.5 Å². The summed E-state index contributed by atoms with van der Waals surface area (Å²) in [5.74, 6) is 0.928. The van der Waals surface area contributed by atoms with Crippen LogP contribution in [0, 0.1) is 0 Å². The molecule has 2 aliphatic heterocycles. The number of aliphatic imine (C=N–C) groups is 1. The van der Waals surface area contributed by atoms with Crippen molar-refractivity contribution in [2.75, 3.05) is 59.6 Å². The Morgan fingerprint density at radius 1 is 1.33 bits per heavy atom. The Labute approximate surface area is 199 Å². The summed E-state index contributed by atoms with van der Waals surface area (Å²) >= 11 is 1.81. The van der Waals surface area contributed by atoms with E-state index >= 15 is 0 Å². The van der Waals surface area contributed by atoms with Gasteiger partial charge >= 0.3 is 0 Å². The molecular formula is C20H31IN6O2S. The summed E-state index contributed by atoms with van der Waals surface area (Å²) in [5, 5.41) is 10.1. The Hall–Kier alpha value is -1.21. The average Bonchev–Trinajstić information content (AvgIpc) is 3.44. The van der Waals surface area contributed by atoms with Crippen molar-refractivity contribution in [2.45, 2.75) is 12.1 Å². The molecule has 166 valence electrons. The first-order valence-corrected chi connectivity index (χ1v) is 11.0. The molecule has 2 unspecified atom stereocenters. The van der Waals surface area contributed by atoms with Gasteiger partial charge in [0.05, 0.1) is 38.6 Å². The number of morpholine rings is 2. The Balaban J connectivity index is 0.00000256. The number of hydrogen-bond acceptors (Lipinski definition) is 6. The SMILES string of the molecule is CN=C(NCC(c1cccs1)N1CCOCC1)N1CCOC(c2cnn(C)c2)C1.I. The van der Waals surface area contributed by atoms with Gasteiger partial charge in [-0.3, -0.25) is 14.6 Å². The lowest BCUT2D eigenvalue weighted by Crippen LogP contribution is -2.50. The first kappa shape index (κ1) is 23.5. The lowest BCUT2D eigenvalue weighted by molar-refractivity contribution is -0.00851. The Morgan fingerprint density at radius 3 is 2.83 bits per heavy atom. The first-order valence-electron chi connectivity index (χ1n) is 10.2. The van der Waals surface area contributed by atoms with Gasteiger partial charge in [0.25, 0.3) is 0 Å². The Morgan fingerprint density at radius 2 is 2.17 bits per heavy atom. The van der Waals surface area contributed by atoms with Crippen LogP contribution in [0.2, 0.25) is 0 Å². The van der Waals surface area contributed by atoms with Gasteiger partial charge in [0.1, 0.15) is 6.10 Å². The summed E-state index contributed by atoms with van der Waals surface area (Å²) < 4.78 is 13.4. The van der Waals surface area contributed by atoms with Crippen LogP contribution in [0.5, 0.6) is 0 Å². The monoisotopic (exact) mass is 546 g/mol. The molecule has 2 aromatic heterocycles. The number of nitrogens with zero attached hydrogens (tertiary/aromatic N) is 5. The van der Waals surface area contributed by atoms with Crippen LogP contribution in [-0.4, -0.2) is 85.1 Å². The minimum Gasteiger partial charge on any atom is -0.379 e. The topological polar surface area (TPSA) is 67.2 Å². The lowest BCUT2D eigenvalue weighted by atomic mass is 10.1. The highest BCUT2D eigenvalue weighted by atomic mass is 127. The molecule has 0 spiro atoms. The lowest BCUT2D eigenvalue weighted by Gasteiger charge is -2.37. The maximum atomic E-state index is 5.98. The zero-order valence-electron chi connectivity index (χ0n) is 17.6. The highest BCUT2D eigenvalue weighted by Gasteiger charge is 2.27. The zero-order chi connectivity index (χ0) is 20.1. The molecule has 0 aromatic carbocycles. The molecule has 10 heteroatoms. The number of thiophene rings is 1. The standard InChI is InChI=1S/C20H30N6O2S.HI/c1-21-20(26-7-10-28-18(15-26)16-12-23-24(2)14-16)22-13-17(19-4-3-11-29-19)25-5-8-27-9-6-25;/h3-4,11-12,14,17-18H,5-10,13,15H2,1-2H3,(H,21,22);1H. The van der Waals surface area contributed by atoms with Crippen molar-refractivity contribution in [1.82, 2.24) is 24.9 Å². The van der Waals surface area contributed by atoms with Crippen LogP contribution < -0.4 is 5.32 Å². The summed E-state index contributed by atoms with van der Waals surface area (Å²) in [4.78, 5) is 10.7. The van der Waals surface area contributed by atoms with Gasteiger partial charge in [0, 0.05) is 56.9 Å². The zero-order valence-corrected chi connectivity index (χ0v) is 20.7. The molecule has 0 saturated carbocycles. The van der Waals surface area contributed by atoms with Crippen molar-refractivity contribution in [3.05, 3.63) is 40.3 Å². The highest BCUT2D eigenvalue weighted by Crippen LogP contribution is 2.26. The number of rotatable bonds is 5.